The molecule has 4 heteroatoms. The highest BCUT2D eigenvalue weighted by atomic mass is 16.2. The van der Waals surface area contributed by atoms with Crippen LogP contribution in [-0.4, -0.2) is 28.3 Å². The summed E-state index contributed by atoms with van der Waals surface area (Å²) in [7, 11) is 0. The summed E-state index contributed by atoms with van der Waals surface area (Å²) in [4.78, 5) is 27.0. The lowest BCUT2D eigenvalue weighted by Crippen LogP contribution is -2.55. The van der Waals surface area contributed by atoms with E-state index >= 15 is 0 Å². The van der Waals surface area contributed by atoms with Crippen molar-refractivity contribution in [3.05, 3.63) is 35.4 Å². The molecule has 1 aliphatic carbocycles. The van der Waals surface area contributed by atoms with Gasteiger partial charge in [0.15, 0.2) is 0 Å². The Bertz CT molecular complexity index is 607. The fourth-order valence-electron chi connectivity index (χ4n) is 3.76. The van der Waals surface area contributed by atoms with Gasteiger partial charge in [0, 0.05) is 19.0 Å². The molecule has 1 aromatic carbocycles. The fourth-order valence-corrected chi connectivity index (χ4v) is 3.76. The quantitative estimate of drug-likeness (QED) is 0.929. The van der Waals surface area contributed by atoms with Gasteiger partial charge in [0.25, 0.3) is 0 Å². The molecule has 2 fully saturated rings. The summed E-state index contributed by atoms with van der Waals surface area (Å²) < 4.78 is 0. The molecule has 0 bridgehead atoms. The highest BCUT2D eigenvalue weighted by molar-refractivity contribution is 5.94. The van der Waals surface area contributed by atoms with Crippen molar-refractivity contribution in [3.63, 3.8) is 0 Å². The number of hydrogen-bond donors (Lipinski definition) is 1. The zero-order chi connectivity index (χ0) is 16.4. The molecular formula is C19H26N2O2. The third kappa shape index (κ3) is 3.12. The minimum Gasteiger partial charge on any atom is -0.351 e. The average Bonchev–Trinajstić information content (AvgIpc) is 3.13. The summed E-state index contributed by atoms with van der Waals surface area (Å²) in [5.74, 6) is 0.0983. The van der Waals surface area contributed by atoms with Gasteiger partial charge in [-0.25, -0.2) is 0 Å². The molecule has 1 aromatic rings. The van der Waals surface area contributed by atoms with E-state index < -0.39 is 5.54 Å². The van der Waals surface area contributed by atoms with Crippen LogP contribution in [0.4, 0.5) is 0 Å². The Morgan fingerprint density at radius 1 is 1.30 bits per heavy atom. The van der Waals surface area contributed by atoms with E-state index in [0.717, 1.165) is 24.0 Å². The van der Waals surface area contributed by atoms with E-state index in [-0.39, 0.29) is 17.9 Å². The zero-order valence-electron chi connectivity index (χ0n) is 14.1. The number of benzene rings is 1. The van der Waals surface area contributed by atoms with Gasteiger partial charge in [-0.1, -0.05) is 37.1 Å². The SMILES string of the molecule is Cc1ccccc1CN1C(=O)CC[C@]1(C)C(=O)NC1CCCC1. The molecule has 0 spiro atoms. The van der Waals surface area contributed by atoms with Gasteiger partial charge in [-0.05, 0) is 44.2 Å². The van der Waals surface area contributed by atoms with Gasteiger partial charge in [0.2, 0.25) is 11.8 Å². The third-order valence-corrected chi connectivity index (χ3v) is 5.49. The summed E-state index contributed by atoms with van der Waals surface area (Å²) in [6.07, 6.45) is 5.57. The van der Waals surface area contributed by atoms with Crippen molar-refractivity contribution in [2.24, 2.45) is 0 Å². The molecule has 2 amide bonds. The van der Waals surface area contributed by atoms with Crippen molar-refractivity contribution in [2.75, 3.05) is 0 Å². The molecular weight excluding hydrogens is 288 g/mol. The van der Waals surface area contributed by atoms with E-state index in [0.29, 0.717) is 19.4 Å². The standard InChI is InChI=1S/C19H26N2O2/c1-14-7-3-4-8-15(14)13-21-17(22)11-12-19(21,2)18(23)20-16-9-5-6-10-16/h3-4,7-8,16H,5-6,9-13H2,1-2H3,(H,20,23)/t19-/m1/s1. The van der Waals surface area contributed by atoms with Gasteiger partial charge in [-0.3, -0.25) is 9.59 Å². The number of carbonyl (C=O) groups is 2. The van der Waals surface area contributed by atoms with Crippen molar-refractivity contribution in [1.29, 1.82) is 0 Å². The second-order valence-electron chi connectivity index (χ2n) is 7.14. The normalized spacial score (nSPS) is 25.1. The highest BCUT2D eigenvalue weighted by Crippen LogP contribution is 2.33. The minimum atomic E-state index is -0.720. The van der Waals surface area contributed by atoms with Gasteiger partial charge >= 0.3 is 0 Å². The van der Waals surface area contributed by atoms with Crippen LogP contribution in [0.15, 0.2) is 24.3 Å². The number of likely N-dealkylation sites (tertiary alicyclic amines) is 1. The first kappa shape index (κ1) is 16.0. The molecule has 23 heavy (non-hydrogen) atoms. The summed E-state index contributed by atoms with van der Waals surface area (Å²) in [6.45, 7) is 4.48. The van der Waals surface area contributed by atoms with E-state index in [4.69, 9.17) is 0 Å². The number of nitrogens with one attached hydrogen (secondary N) is 1. The molecule has 1 aliphatic heterocycles. The first-order valence-corrected chi connectivity index (χ1v) is 8.66. The molecule has 1 heterocycles. The number of rotatable bonds is 4. The van der Waals surface area contributed by atoms with E-state index in [1.807, 2.05) is 38.1 Å². The maximum absolute atomic E-state index is 12.8. The predicted octanol–water partition coefficient (Wildman–Crippen LogP) is 2.93. The summed E-state index contributed by atoms with van der Waals surface area (Å²) in [5, 5.41) is 3.18. The zero-order valence-corrected chi connectivity index (χ0v) is 14.1. The number of amides is 2. The molecule has 1 saturated carbocycles. The van der Waals surface area contributed by atoms with Crippen LogP contribution in [0.5, 0.6) is 0 Å². The van der Waals surface area contributed by atoms with Gasteiger partial charge < -0.3 is 10.2 Å². The number of nitrogens with zero attached hydrogens (tertiary/aromatic N) is 1. The Labute approximate surface area is 138 Å². The number of hydrogen-bond acceptors (Lipinski definition) is 2. The minimum absolute atomic E-state index is 0.0174. The average molecular weight is 314 g/mol. The molecule has 0 aromatic heterocycles. The van der Waals surface area contributed by atoms with Crippen LogP contribution in [0.3, 0.4) is 0 Å². The topological polar surface area (TPSA) is 49.4 Å². The summed E-state index contributed by atoms with van der Waals surface area (Å²) >= 11 is 0. The van der Waals surface area contributed by atoms with Crippen LogP contribution in [0.2, 0.25) is 0 Å². The van der Waals surface area contributed by atoms with Gasteiger partial charge in [-0.2, -0.15) is 0 Å². The second-order valence-corrected chi connectivity index (χ2v) is 7.14. The molecule has 124 valence electrons. The predicted molar refractivity (Wildman–Crippen MR) is 89.8 cm³/mol. The van der Waals surface area contributed by atoms with Crippen LogP contribution >= 0.6 is 0 Å². The van der Waals surface area contributed by atoms with Crippen LogP contribution in [0.1, 0.15) is 56.6 Å². The maximum atomic E-state index is 12.8. The van der Waals surface area contributed by atoms with Crippen molar-refractivity contribution < 1.29 is 9.59 Å². The van der Waals surface area contributed by atoms with Gasteiger partial charge in [-0.15, -0.1) is 0 Å². The molecule has 1 atom stereocenters. The van der Waals surface area contributed by atoms with E-state index in [1.165, 1.54) is 12.8 Å². The number of carbonyl (C=O) groups excluding carboxylic acids is 2. The molecule has 2 aliphatic rings. The molecule has 0 radical (unpaired) electrons. The lowest BCUT2D eigenvalue weighted by Gasteiger charge is -2.35. The van der Waals surface area contributed by atoms with Crippen LogP contribution in [0.25, 0.3) is 0 Å². The smallest absolute Gasteiger partial charge is 0.245 e. The first-order valence-electron chi connectivity index (χ1n) is 8.66. The van der Waals surface area contributed by atoms with E-state index in [9.17, 15) is 9.59 Å². The Balaban J connectivity index is 1.77. The van der Waals surface area contributed by atoms with Crippen LogP contribution in [-0.2, 0) is 16.1 Å². The molecule has 4 nitrogen and oxygen atoms in total. The van der Waals surface area contributed by atoms with Crippen molar-refractivity contribution in [2.45, 2.75) is 70.5 Å². The van der Waals surface area contributed by atoms with Gasteiger partial charge in [0.1, 0.15) is 5.54 Å². The lowest BCUT2D eigenvalue weighted by atomic mass is 9.96. The number of aryl methyl sites for hydroxylation is 1. The lowest BCUT2D eigenvalue weighted by molar-refractivity contribution is -0.141. The summed E-state index contributed by atoms with van der Waals surface area (Å²) in [6, 6.07) is 8.35. The van der Waals surface area contributed by atoms with Crippen molar-refractivity contribution in [3.8, 4) is 0 Å². The molecule has 0 unspecified atom stereocenters. The highest BCUT2D eigenvalue weighted by Gasteiger charge is 2.47. The Kier molecular flexibility index (Phi) is 4.42. The molecule has 1 saturated heterocycles. The monoisotopic (exact) mass is 314 g/mol. The maximum Gasteiger partial charge on any atom is 0.245 e. The van der Waals surface area contributed by atoms with Gasteiger partial charge in [0.05, 0.1) is 0 Å². The van der Waals surface area contributed by atoms with Crippen LogP contribution in [0, 0.1) is 6.92 Å². The van der Waals surface area contributed by atoms with Crippen molar-refractivity contribution >= 4 is 11.8 Å². The fraction of sp³-hybridized carbons (Fsp3) is 0.579. The molecule has 3 rings (SSSR count). The largest absolute Gasteiger partial charge is 0.351 e. The second kappa shape index (κ2) is 6.34. The van der Waals surface area contributed by atoms with E-state index in [1.54, 1.807) is 4.90 Å². The molecule has 1 N–H and O–H groups in total. The van der Waals surface area contributed by atoms with E-state index in [2.05, 4.69) is 5.32 Å². The Morgan fingerprint density at radius 2 is 2.00 bits per heavy atom. The summed E-state index contributed by atoms with van der Waals surface area (Å²) in [5.41, 5.74) is 1.55. The van der Waals surface area contributed by atoms with Crippen LogP contribution < -0.4 is 5.32 Å². The Hall–Kier alpha value is -1.84. The third-order valence-electron chi connectivity index (χ3n) is 5.49. The van der Waals surface area contributed by atoms with Crippen molar-refractivity contribution in [1.82, 2.24) is 10.2 Å². The first-order chi connectivity index (χ1) is 11.0. The Morgan fingerprint density at radius 3 is 2.70 bits per heavy atom.